The van der Waals surface area contributed by atoms with Gasteiger partial charge in [0.15, 0.2) is 0 Å². The van der Waals surface area contributed by atoms with Crippen LogP contribution in [0.5, 0.6) is 0 Å². The number of ketones is 1. The van der Waals surface area contributed by atoms with Crippen LogP contribution in [-0.4, -0.2) is 42.3 Å². The molecule has 0 amide bonds. The van der Waals surface area contributed by atoms with Crippen molar-refractivity contribution in [3.8, 4) is 0 Å². The summed E-state index contributed by atoms with van der Waals surface area (Å²) in [5.74, 6) is 0.134. The Kier molecular flexibility index (Phi) is 4.88. The molecule has 1 aromatic heterocycles. The number of rotatable bonds is 5. The van der Waals surface area contributed by atoms with E-state index in [0.717, 1.165) is 5.56 Å². The van der Waals surface area contributed by atoms with Crippen molar-refractivity contribution in [3.63, 3.8) is 0 Å². The van der Waals surface area contributed by atoms with E-state index in [2.05, 4.69) is 4.98 Å². The minimum atomic E-state index is -3.29. The molecule has 1 aliphatic heterocycles. The van der Waals surface area contributed by atoms with Crippen LogP contribution in [0.2, 0.25) is 0 Å². The number of sulfonamides is 1. The number of piperidine rings is 1. The smallest absolute Gasteiger partial charge is 0.214 e. The van der Waals surface area contributed by atoms with Crippen molar-refractivity contribution in [1.29, 1.82) is 0 Å². The van der Waals surface area contributed by atoms with Crippen LogP contribution < -0.4 is 0 Å². The second kappa shape index (κ2) is 6.45. The fraction of sp³-hybridized carbons (Fsp3) is 0.571. The van der Waals surface area contributed by atoms with Gasteiger partial charge in [-0.2, -0.15) is 0 Å². The molecule has 6 heteroatoms. The van der Waals surface area contributed by atoms with E-state index >= 15 is 0 Å². The molecule has 110 valence electrons. The van der Waals surface area contributed by atoms with Crippen molar-refractivity contribution in [1.82, 2.24) is 9.29 Å². The summed E-state index contributed by atoms with van der Waals surface area (Å²) in [4.78, 5) is 15.6. The third-order valence-electron chi connectivity index (χ3n) is 3.77. The zero-order chi connectivity index (χ0) is 14.6. The van der Waals surface area contributed by atoms with Crippen molar-refractivity contribution in [2.24, 2.45) is 5.92 Å². The fourth-order valence-electron chi connectivity index (χ4n) is 2.41. The SMILES string of the molecule is CCC1CN(S(=O)(=O)CCc2ccncc2)CCC1=O. The van der Waals surface area contributed by atoms with Gasteiger partial charge in [-0.15, -0.1) is 0 Å². The van der Waals surface area contributed by atoms with Gasteiger partial charge in [0, 0.05) is 37.8 Å². The molecule has 0 N–H and O–H groups in total. The highest BCUT2D eigenvalue weighted by Gasteiger charge is 2.32. The maximum Gasteiger partial charge on any atom is 0.214 e. The number of Topliss-reactive ketones (excluding diaryl/α,β-unsaturated/α-hetero) is 1. The second-order valence-electron chi connectivity index (χ2n) is 5.10. The Labute approximate surface area is 120 Å². The molecule has 0 saturated carbocycles. The van der Waals surface area contributed by atoms with Crippen molar-refractivity contribution in [2.75, 3.05) is 18.8 Å². The summed E-state index contributed by atoms with van der Waals surface area (Å²) in [5.41, 5.74) is 0.962. The first-order valence-electron chi connectivity index (χ1n) is 6.92. The Morgan fingerprint density at radius 3 is 2.70 bits per heavy atom. The summed E-state index contributed by atoms with van der Waals surface area (Å²) in [6.45, 7) is 2.59. The molecule has 1 atom stereocenters. The van der Waals surface area contributed by atoms with Gasteiger partial charge in [0.1, 0.15) is 5.78 Å². The average Bonchev–Trinajstić information content (AvgIpc) is 2.46. The van der Waals surface area contributed by atoms with Gasteiger partial charge < -0.3 is 0 Å². The van der Waals surface area contributed by atoms with E-state index in [9.17, 15) is 13.2 Å². The topological polar surface area (TPSA) is 67.3 Å². The molecule has 5 nitrogen and oxygen atoms in total. The van der Waals surface area contributed by atoms with E-state index in [0.29, 0.717) is 32.4 Å². The largest absolute Gasteiger partial charge is 0.299 e. The summed E-state index contributed by atoms with van der Waals surface area (Å²) in [6.07, 6.45) is 4.84. The summed E-state index contributed by atoms with van der Waals surface area (Å²) < 4.78 is 26.1. The molecule has 0 radical (unpaired) electrons. The van der Waals surface area contributed by atoms with E-state index in [1.165, 1.54) is 4.31 Å². The molecule has 0 bridgehead atoms. The molecule has 1 saturated heterocycles. The maximum absolute atomic E-state index is 12.3. The number of hydrogen-bond donors (Lipinski definition) is 0. The van der Waals surface area contributed by atoms with Crippen LogP contribution in [0.1, 0.15) is 25.3 Å². The molecule has 0 aliphatic carbocycles. The first kappa shape index (κ1) is 15.1. The lowest BCUT2D eigenvalue weighted by molar-refractivity contribution is -0.125. The first-order valence-corrected chi connectivity index (χ1v) is 8.53. The van der Waals surface area contributed by atoms with Crippen LogP contribution in [0, 0.1) is 5.92 Å². The number of pyridine rings is 1. The van der Waals surface area contributed by atoms with Gasteiger partial charge in [0.05, 0.1) is 5.75 Å². The molecule has 2 heterocycles. The van der Waals surface area contributed by atoms with Gasteiger partial charge >= 0.3 is 0 Å². The lowest BCUT2D eigenvalue weighted by Crippen LogP contribution is -2.45. The second-order valence-corrected chi connectivity index (χ2v) is 7.19. The van der Waals surface area contributed by atoms with Crippen LogP contribution in [0.3, 0.4) is 0 Å². The van der Waals surface area contributed by atoms with E-state index in [-0.39, 0.29) is 17.5 Å². The lowest BCUT2D eigenvalue weighted by Gasteiger charge is -2.30. The van der Waals surface area contributed by atoms with E-state index in [1.54, 1.807) is 12.4 Å². The molecule has 20 heavy (non-hydrogen) atoms. The fourth-order valence-corrected chi connectivity index (χ4v) is 3.94. The minimum Gasteiger partial charge on any atom is -0.299 e. The molecule has 0 aromatic carbocycles. The number of carbonyl (C=O) groups excluding carboxylic acids is 1. The third kappa shape index (κ3) is 3.64. The van der Waals surface area contributed by atoms with Crippen molar-refractivity contribution >= 4 is 15.8 Å². The number of hydrogen-bond acceptors (Lipinski definition) is 4. The first-order chi connectivity index (χ1) is 9.53. The standard InChI is InChI=1S/C14H20N2O3S/c1-2-13-11-16(9-5-14(13)17)20(18,19)10-6-12-3-7-15-8-4-12/h3-4,7-8,13H,2,5-6,9-11H2,1H3. The number of carbonyl (C=O) groups is 1. The van der Waals surface area contributed by atoms with Crippen LogP contribution in [0.25, 0.3) is 0 Å². The molecule has 1 aromatic rings. The van der Waals surface area contributed by atoms with Gasteiger partial charge in [-0.25, -0.2) is 12.7 Å². The number of aryl methyl sites for hydroxylation is 1. The normalized spacial score (nSPS) is 21.1. The molecule has 2 rings (SSSR count). The average molecular weight is 296 g/mol. The Balaban J connectivity index is 1.98. The molecular weight excluding hydrogens is 276 g/mol. The predicted octanol–water partition coefficient (Wildman–Crippen LogP) is 1.25. The Bertz CT molecular complexity index is 557. The zero-order valence-corrected chi connectivity index (χ0v) is 12.5. The third-order valence-corrected chi connectivity index (χ3v) is 5.61. The quantitative estimate of drug-likeness (QED) is 0.820. The molecular formula is C14H20N2O3S. The van der Waals surface area contributed by atoms with Crippen molar-refractivity contribution < 1.29 is 13.2 Å². The maximum atomic E-state index is 12.3. The van der Waals surface area contributed by atoms with E-state index in [1.807, 2.05) is 19.1 Å². The van der Waals surface area contributed by atoms with Crippen LogP contribution >= 0.6 is 0 Å². The van der Waals surface area contributed by atoms with Crippen molar-refractivity contribution in [3.05, 3.63) is 30.1 Å². The van der Waals surface area contributed by atoms with Crippen LogP contribution in [0.4, 0.5) is 0 Å². The number of nitrogens with zero attached hydrogens (tertiary/aromatic N) is 2. The highest BCUT2D eigenvalue weighted by atomic mass is 32.2. The Morgan fingerprint density at radius 2 is 2.05 bits per heavy atom. The van der Waals surface area contributed by atoms with Gasteiger partial charge in [-0.1, -0.05) is 6.92 Å². The van der Waals surface area contributed by atoms with E-state index < -0.39 is 10.0 Å². The highest BCUT2D eigenvalue weighted by molar-refractivity contribution is 7.89. The minimum absolute atomic E-state index is 0.0850. The molecule has 1 unspecified atom stereocenters. The molecule has 1 aliphatic rings. The molecule has 0 spiro atoms. The molecule has 1 fully saturated rings. The van der Waals surface area contributed by atoms with Gasteiger partial charge in [-0.05, 0) is 30.5 Å². The summed E-state index contributed by atoms with van der Waals surface area (Å²) in [6, 6.07) is 3.65. The number of aromatic nitrogens is 1. The summed E-state index contributed by atoms with van der Waals surface area (Å²) in [5, 5.41) is 0. The van der Waals surface area contributed by atoms with Gasteiger partial charge in [0.25, 0.3) is 0 Å². The van der Waals surface area contributed by atoms with Gasteiger partial charge in [0.2, 0.25) is 10.0 Å². The van der Waals surface area contributed by atoms with Gasteiger partial charge in [-0.3, -0.25) is 9.78 Å². The predicted molar refractivity (Wildman–Crippen MR) is 76.7 cm³/mol. The monoisotopic (exact) mass is 296 g/mol. The Hall–Kier alpha value is -1.27. The van der Waals surface area contributed by atoms with Crippen LogP contribution in [-0.2, 0) is 21.2 Å². The highest BCUT2D eigenvalue weighted by Crippen LogP contribution is 2.19. The van der Waals surface area contributed by atoms with Crippen LogP contribution in [0.15, 0.2) is 24.5 Å². The van der Waals surface area contributed by atoms with E-state index in [4.69, 9.17) is 0 Å². The van der Waals surface area contributed by atoms with Crippen molar-refractivity contribution in [2.45, 2.75) is 26.2 Å². The zero-order valence-electron chi connectivity index (χ0n) is 11.7. The Morgan fingerprint density at radius 1 is 1.35 bits per heavy atom. The lowest BCUT2D eigenvalue weighted by atomic mass is 9.96. The summed E-state index contributed by atoms with van der Waals surface area (Å²) >= 11 is 0. The summed E-state index contributed by atoms with van der Waals surface area (Å²) in [7, 11) is -3.29.